The first-order valence-electron chi connectivity index (χ1n) is 7.91. The summed E-state index contributed by atoms with van der Waals surface area (Å²) in [6.07, 6.45) is 3.03. The Morgan fingerprint density at radius 2 is 2.00 bits per heavy atom. The van der Waals surface area contributed by atoms with Crippen molar-refractivity contribution in [3.8, 4) is 11.5 Å². The van der Waals surface area contributed by atoms with Crippen LogP contribution in [0, 0.1) is 0 Å². The summed E-state index contributed by atoms with van der Waals surface area (Å²) < 4.78 is 15.0. The molecule has 0 aliphatic carbocycles. The first-order valence-corrected chi connectivity index (χ1v) is 8.68. The van der Waals surface area contributed by atoms with Gasteiger partial charge >= 0.3 is 0 Å². The molecule has 7 nitrogen and oxygen atoms in total. The van der Waals surface area contributed by atoms with Crippen LogP contribution in [0.25, 0.3) is 11.5 Å². The van der Waals surface area contributed by atoms with E-state index in [1.165, 1.54) is 17.8 Å². The van der Waals surface area contributed by atoms with Crippen LogP contribution in [0.3, 0.4) is 0 Å². The van der Waals surface area contributed by atoms with Crippen molar-refractivity contribution >= 4 is 28.1 Å². The molecule has 3 aromatic rings. The quantitative estimate of drug-likeness (QED) is 0.774. The maximum absolute atomic E-state index is 12.5. The lowest BCUT2D eigenvalue weighted by Gasteiger charge is -2.27. The zero-order chi connectivity index (χ0) is 17.1. The Labute approximate surface area is 148 Å². The minimum Gasteiger partial charge on any atom is -0.444 e. The summed E-state index contributed by atoms with van der Waals surface area (Å²) in [7, 11) is 0. The van der Waals surface area contributed by atoms with Crippen LogP contribution in [0.4, 0.5) is 10.7 Å². The van der Waals surface area contributed by atoms with Crippen LogP contribution >= 0.6 is 11.5 Å². The highest BCUT2D eigenvalue weighted by molar-refractivity contribution is 7.11. The monoisotopic (exact) mass is 356 g/mol. The first kappa shape index (κ1) is 15.8. The number of anilines is 2. The van der Waals surface area contributed by atoms with E-state index in [-0.39, 0.29) is 11.6 Å². The Morgan fingerprint density at radius 1 is 1.20 bits per heavy atom. The molecule has 0 bridgehead atoms. The molecule has 1 aliphatic heterocycles. The van der Waals surface area contributed by atoms with E-state index in [9.17, 15) is 4.79 Å². The van der Waals surface area contributed by atoms with Gasteiger partial charge in [0.25, 0.3) is 5.91 Å². The van der Waals surface area contributed by atoms with E-state index in [1.807, 2.05) is 30.3 Å². The summed E-state index contributed by atoms with van der Waals surface area (Å²) in [6.45, 7) is 2.92. The van der Waals surface area contributed by atoms with Gasteiger partial charge in [-0.1, -0.05) is 18.2 Å². The molecule has 1 N–H and O–H groups in total. The zero-order valence-electron chi connectivity index (χ0n) is 13.3. The standard InChI is InChI=1S/C17H16N4O3S/c22-15(14-11-24-16(20-14)12-4-2-1-3-5-12)19-13-10-18-25-17(13)21-6-8-23-9-7-21/h1-5,10-11H,6-9H2,(H,19,22). The van der Waals surface area contributed by atoms with Gasteiger partial charge in [0.15, 0.2) is 5.69 Å². The third kappa shape index (κ3) is 3.40. The van der Waals surface area contributed by atoms with Gasteiger partial charge in [-0.25, -0.2) is 4.98 Å². The van der Waals surface area contributed by atoms with Crippen LogP contribution in [0.5, 0.6) is 0 Å². The molecule has 0 unspecified atom stereocenters. The summed E-state index contributed by atoms with van der Waals surface area (Å²) in [5.41, 5.74) is 1.74. The van der Waals surface area contributed by atoms with Crippen molar-refractivity contribution in [3.05, 3.63) is 48.5 Å². The summed E-state index contributed by atoms with van der Waals surface area (Å²) >= 11 is 1.36. The number of oxazole rings is 1. The lowest BCUT2D eigenvalue weighted by molar-refractivity contribution is 0.102. The fraction of sp³-hybridized carbons (Fsp3) is 0.235. The predicted molar refractivity (Wildman–Crippen MR) is 95.0 cm³/mol. The summed E-state index contributed by atoms with van der Waals surface area (Å²) in [4.78, 5) is 18.9. The van der Waals surface area contributed by atoms with Gasteiger partial charge in [-0.15, -0.1) is 0 Å². The highest BCUT2D eigenvalue weighted by Crippen LogP contribution is 2.31. The van der Waals surface area contributed by atoms with E-state index >= 15 is 0 Å². The molecule has 1 fully saturated rings. The SMILES string of the molecule is O=C(Nc1cnsc1N1CCOCC1)c1coc(-c2ccccc2)n1. The van der Waals surface area contributed by atoms with E-state index in [4.69, 9.17) is 9.15 Å². The van der Waals surface area contributed by atoms with Crippen molar-refractivity contribution < 1.29 is 13.9 Å². The minimum atomic E-state index is -0.319. The summed E-state index contributed by atoms with van der Waals surface area (Å²) in [5, 5.41) is 3.81. The molecule has 0 saturated carbocycles. The topological polar surface area (TPSA) is 80.5 Å². The summed E-state index contributed by atoms with van der Waals surface area (Å²) in [6, 6.07) is 9.46. The maximum Gasteiger partial charge on any atom is 0.277 e. The number of aromatic nitrogens is 2. The molecule has 0 atom stereocenters. The molecule has 1 aromatic carbocycles. The van der Waals surface area contributed by atoms with Gasteiger partial charge in [-0.2, -0.15) is 4.37 Å². The van der Waals surface area contributed by atoms with Gasteiger partial charge < -0.3 is 19.4 Å². The molecule has 1 aliphatic rings. The van der Waals surface area contributed by atoms with Gasteiger partial charge in [0, 0.05) is 18.7 Å². The maximum atomic E-state index is 12.5. The second-order valence-corrected chi connectivity index (χ2v) is 6.28. The summed E-state index contributed by atoms with van der Waals surface area (Å²) in [5.74, 6) is 0.100. The molecule has 1 saturated heterocycles. The Kier molecular flexibility index (Phi) is 4.45. The smallest absolute Gasteiger partial charge is 0.277 e. The number of ether oxygens (including phenoxy) is 1. The molecule has 2 aromatic heterocycles. The third-order valence-electron chi connectivity index (χ3n) is 3.86. The second kappa shape index (κ2) is 7.04. The molecule has 128 valence electrons. The van der Waals surface area contributed by atoms with Crippen LogP contribution in [-0.2, 0) is 4.74 Å². The molecule has 1 amide bonds. The van der Waals surface area contributed by atoms with Crippen molar-refractivity contribution in [2.45, 2.75) is 0 Å². The molecule has 4 rings (SSSR count). The average molecular weight is 356 g/mol. The van der Waals surface area contributed by atoms with Gasteiger partial charge in [0.2, 0.25) is 5.89 Å². The van der Waals surface area contributed by atoms with Gasteiger partial charge in [0.1, 0.15) is 11.3 Å². The van der Waals surface area contributed by atoms with E-state index in [0.29, 0.717) is 24.8 Å². The van der Waals surface area contributed by atoms with Crippen LogP contribution in [-0.4, -0.2) is 41.6 Å². The van der Waals surface area contributed by atoms with Crippen LogP contribution in [0.15, 0.2) is 47.2 Å². The molecular weight excluding hydrogens is 340 g/mol. The van der Waals surface area contributed by atoms with E-state index in [1.54, 1.807) is 6.20 Å². The highest BCUT2D eigenvalue weighted by atomic mass is 32.1. The molecule has 0 spiro atoms. The zero-order valence-corrected chi connectivity index (χ0v) is 14.2. The fourth-order valence-corrected chi connectivity index (χ4v) is 3.35. The molecule has 8 heteroatoms. The van der Waals surface area contributed by atoms with Crippen molar-refractivity contribution in [2.24, 2.45) is 0 Å². The third-order valence-corrected chi connectivity index (χ3v) is 4.72. The van der Waals surface area contributed by atoms with Crippen molar-refractivity contribution in [3.63, 3.8) is 0 Å². The first-order chi connectivity index (χ1) is 12.3. The molecular formula is C17H16N4O3S. The second-order valence-electron chi connectivity index (χ2n) is 5.50. The number of hydrogen-bond acceptors (Lipinski definition) is 7. The van der Waals surface area contributed by atoms with Crippen LogP contribution in [0.1, 0.15) is 10.5 Å². The molecule has 25 heavy (non-hydrogen) atoms. The lowest BCUT2D eigenvalue weighted by atomic mass is 10.2. The van der Waals surface area contributed by atoms with E-state index < -0.39 is 0 Å². The van der Waals surface area contributed by atoms with E-state index in [2.05, 4.69) is 19.6 Å². The van der Waals surface area contributed by atoms with E-state index in [0.717, 1.165) is 23.7 Å². The van der Waals surface area contributed by atoms with Crippen molar-refractivity contribution in [1.29, 1.82) is 0 Å². The van der Waals surface area contributed by atoms with Crippen LogP contribution in [0.2, 0.25) is 0 Å². The number of rotatable bonds is 4. The lowest BCUT2D eigenvalue weighted by Crippen LogP contribution is -2.36. The number of carbonyl (C=O) groups is 1. The number of morpholine rings is 1. The molecule has 3 heterocycles. The fourth-order valence-electron chi connectivity index (χ4n) is 2.59. The van der Waals surface area contributed by atoms with Crippen LogP contribution < -0.4 is 10.2 Å². The Balaban J connectivity index is 1.50. The minimum absolute atomic E-state index is 0.234. The van der Waals surface area contributed by atoms with Crippen molar-refractivity contribution in [1.82, 2.24) is 9.36 Å². The van der Waals surface area contributed by atoms with Gasteiger partial charge in [-0.05, 0) is 23.7 Å². The number of carbonyl (C=O) groups excluding carboxylic acids is 1. The normalized spacial score (nSPS) is 14.5. The number of benzene rings is 1. The Morgan fingerprint density at radius 3 is 2.80 bits per heavy atom. The Bertz CT molecular complexity index is 856. The average Bonchev–Trinajstić information content (AvgIpc) is 3.33. The van der Waals surface area contributed by atoms with Gasteiger partial charge in [0.05, 0.1) is 25.1 Å². The Hall–Kier alpha value is -2.71. The number of hydrogen-bond donors (Lipinski definition) is 1. The molecule has 0 radical (unpaired) electrons. The number of amides is 1. The van der Waals surface area contributed by atoms with Crippen molar-refractivity contribution in [2.75, 3.05) is 36.5 Å². The predicted octanol–water partition coefficient (Wildman–Crippen LogP) is 2.89. The number of nitrogens with zero attached hydrogens (tertiary/aromatic N) is 3. The largest absolute Gasteiger partial charge is 0.444 e. The van der Waals surface area contributed by atoms with Gasteiger partial charge in [-0.3, -0.25) is 4.79 Å². The highest BCUT2D eigenvalue weighted by Gasteiger charge is 2.20. The number of nitrogens with one attached hydrogen (secondary N) is 1.